The van der Waals surface area contributed by atoms with Gasteiger partial charge >= 0.3 is 0 Å². The van der Waals surface area contributed by atoms with E-state index in [2.05, 4.69) is 6.92 Å². The average molecular weight is 221 g/mol. The van der Waals surface area contributed by atoms with Gasteiger partial charge < -0.3 is 4.74 Å². The molecule has 16 heavy (non-hydrogen) atoms. The van der Waals surface area contributed by atoms with Crippen LogP contribution in [0.2, 0.25) is 0 Å². The third kappa shape index (κ3) is 1.99. The van der Waals surface area contributed by atoms with E-state index >= 15 is 0 Å². The molecule has 2 heteroatoms. The first kappa shape index (κ1) is 10.6. The van der Waals surface area contributed by atoms with E-state index in [1.807, 2.05) is 0 Å². The summed E-state index contributed by atoms with van der Waals surface area (Å²) in [5.41, 5.74) is 0. The summed E-state index contributed by atoms with van der Waals surface area (Å²) in [7, 11) is 0. The zero-order chi connectivity index (χ0) is 11.0. The summed E-state index contributed by atoms with van der Waals surface area (Å²) in [5.74, 6) is 2.70. The van der Waals surface area contributed by atoms with E-state index in [4.69, 9.17) is 9.73 Å². The van der Waals surface area contributed by atoms with Crippen molar-refractivity contribution >= 4 is 5.90 Å². The lowest BCUT2D eigenvalue weighted by atomic mass is 9.83. The normalized spacial score (nSPS) is 43.4. The van der Waals surface area contributed by atoms with E-state index in [1.54, 1.807) is 0 Å². The molecule has 2 saturated carbocycles. The van der Waals surface area contributed by atoms with Gasteiger partial charge in [-0.1, -0.05) is 13.3 Å². The molecule has 0 saturated heterocycles. The summed E-state index contributed by atoms with van der Waals surface area (Å²) in [6.07, 6.45) is 11.0. The van der Waals surface area contributed by atoms with Crippen LogP contribution in [-0.2, 0) is 4.74 Å². The summed E-state index contributed by atoms with van der Waals surface area (Å²) >= 11 is 0. The lowest BCUT2D eigenvalue weighted by Gasteiger charge is -2.26. The van der Waals surface area contributed by atoms with Gasteiger partial charge in [-0.05, 0) is 50.9 Å². The first-order valence-corrected chi connectivity index (χ1v) is 7.07. The number of nitrogens with zero attached hydrogens (tertiary/aromatic N) is 1. The molecule has 0 radical (unpaired) electrons. The van der Waals surface area contributed by atoms with Gasteiger partial charge in [0.05, 0.1) is 6.04 Å². The minimum Gasteiger partial charge on any atom is -0.475 e. The Balaban J connectivity index is 1.63. The number of fused-ring (bicyclic) bond motifs is 1. The van der Waals surface area contributed by atoms with Crippen molar-refractivity contribution in [1.82, 2.24) is 0 Å². The summed E-state index contributed by atoms with van der Waals surface area (Å²) in [5, 5.41) is 0. The van der Waals surface area contributed by atoms with E-state index < -0.39 is 0 Å². The molecule has 2 unspecified atom stereocenters. The van der Waals surface area contributed by atoms with Gasteiger partial charge in [0.1, 0.15) is 6.10 Å². The lowest BCUT2D eigenvalue weighted by Crippen LogP contribution is -2.27. The van der Waals surface area contributed by atoms with Crippen LogP contribution in [0.5, 0.6) is 0 Å². The van der Waals surface area contributed by atoms with Crippen LogP contribution in [0.15, 0.2) is 4.99 Å². The summed E-state index contributed by atoms with van der Waals surface area (Å²) in [6, 6.07) is 0.517. The highest BCUT2D eigenvalue weighted by Crippen LogP contribution is 2.35. The van der Waals surface area contributed by atoms with Crippen LogP contribution in [0.3, 0.4) is 0 Å². The number of hydrogen-bond acceptors (Lipinski definition) is 2. The Morgan fingerprint density at radius 2 is 1.75 bits per heavy atom. The molecule has 0 N–H and O–H groups in total. The first-order valence-electron chi connectivity index (χ1n) is 7.07. The Labute approximate surface area is 98.5 Å². The molecule has 0 aromatic rings. The molecule has 0 amide bonds. The maximum atomic E-state index is 6.09. The standard InChI is InChI=1S/C14H23NO/c1-10-6-8-11(9-7-10)14-15-12-4-2-3-5-13(12)16-14/h10-13H,2-9H2,1H3. The van der Waals surface area contributed by atoms with Crippen LogP contribution in [0.4, 0.5) is 0 Å². The van der Waals surface area contributed by atoms with Crippen molar-refractivity contribution < 1.29 is 4.74 Å². The van der Waals surface area contributed by atoms with Crippen molar-refractivity contribution in [2.45, 2.75) is 70.4 Å². The fraction of sp³-hybridized carbons (Fsp3) is 0.929. The Morgan fingerprint density at radius 1 is 1.00 bits per heavy atom. The van der Waals surface area contributed by atoms with Crippen LogP contribution in [0.25, 0.3) is 0 Å². The first-order chi connectivity index (χ1) is 7.83. The van der Waals surface area contributed by atoms with Gasteiger partial charge in [-0.15, -0.1) is 0 Å². The Hall–Kier alpha value is -0.530. The van der Waals surface area contributed by atoms with E-state index in [9.17, 15) is 0 Å². The highest BCUT2D eigenvalue weighted by atomic mass is 16.5. The molecule has 90 valence electrons. The quantitative estimate of drug-likeness (QED) is 0.663. The number of aliphatic imine (C=N–C) groups is 1. The van der Waals surface area contributed by atoms with E-state index in [1.165, 1.54) is 51.4 Å². The van der Waals surface area contributed by atoms with Crippen molar-refractivity contribution in [3.05, 3.63) is 0 Å². The van der Waals surface area contributed by atoms with Crippen LogP contribution >= 0.6 is 0 Å². The second kappa shape index (κ2) is 4.38. The molecule has 3 aliphatic rings. The fourth-order valence-electron chi connectivity index (χ4n) is 3.42. The average Bonchev–Trinajstić information content (AvgIpc) is 2.73. The maximum Gasteiger partial charge on any atom is 0.187 e. The molecule has 1 aliphatic heterocycles. The van der Waals surface area contributed by atoms with Gasteiger partial charge in [0.2, 0.25) is 0 Å². The third-order valence-corrected chi connectivity index (χ3v) is 4.60. The predicted molar refractivity (Wildman–Crippen MR) is 65.7 cm³/mol. The van der Waals surface area contributed by atoms with Gasteiger partial charge in [-0.3, -0.25) is 0 Å². The molecular weight excluding hydrogens is 198 g/mol. The smallest absolute Gasteiger partial charge is 0.187 e. The molecule has 1 heterocycles. The Kier molecular flexibility index (Phi) is 2.91. The van der Waals surface area contributed by atoms with Gasteiger partial charge in [-0.2, -0.15) is 0 Å². The highest BCUT2D eigenvalue weighted by molar-refractivity contribution is 5.80. The van der Waals surface area contributed by atoms with E-state index in [0.717, 1.165) is 11.8 Å². The van der Waals surface area contributed by atoms with Crippen molar-refractivity contribution in [3.8, 4) is 0 Å². The molecule has 3 rings (SSSR count). The number of ether oxygens (including phenoxy) is 1. The number of hydrogen-bond donors (Lipinski definition) is 0. The van der Waals surface area contributed by atoms with Gasteiger partial charge in [-0.25, -0.2) is 4.99 Å². The third-order valence-electron chi connectivity index (χ3n) is 4.60. The van der Waals surface area contributed by atoms with Crippen LogP contribution in [0, 0.1) is 11.8 Å². The molecule has 0 bridgehead atoms. The minimum absolute atomic E-state index is 0.447. The molecule has 2 atom stereocenters. The van der Waals surface area contributed by atoms with Crippen LogP contribution in [0.1, 0.15) is 58.3 Å². The molecule has 0 aromatic heterocycles. The van der Waals surface area contributed by atoms with Gasteiger partial charge in [0, 0.05) is 5.92 Å². The van der Waals surface area contributed by atoms with Gasteiger partial charge in [0.15, 0.2) is 5.90 Å². The topological polar surface area (TPSA) is 21.6 Å². The second-order valence-electron chi connectivity index (χ2n) is 5.93. The van der Waals surface area contributed by atoms with Gasteiger partial charge in [0.25, 0.3) is 0 Å². The molecule has 2 nitrogen and oxygen atoms in total. The molecule has 2 aliphatic carbocycles. The zero-order valence-electron chi connectivity index (χ0n) is 10.3. The van der Waals surface area contributed by atoms with E-state index in [0.29, 0.717) is 18.1 Å². The SMILES string of the molecule is CC1CCC(C2=NC3CCCCC3O2)CC1. The Bertz CT molecular complexity index is 278. The lowest BCUT2D eigenvalue weighted by molar-refractivity contribution is 0.140. The monoisotopic (exact) mass is 221 g/mol. The maximum absolute atomic E-state index is 6.09. The molecule has 0 aromatic carbocycles. The van der Waals surface area contributed by atoms with Crippen molar-refractivity contribution in [3.63, 3.8) is 0 Å². The fourth-order valence-corrected chi connectivity index (χ4v) is 3.42. The van der Waals surface area contributed by atoms with Crippen LogP contribution in [-0.4, -0.2) is 18.0 Å². The minimum atomic E-state index is 0.447. The van der Waals surface area contributed by atoms with E-state index in [-0.39, 0.29) is 0 Å². The highest BCUT2D eigenvalue weighted by Gasteiger charge is 2.36. The summed E-state index contributed by atoms with van der Waals surface area (Å²) in [4.78, 5) is 4.85. The van der Waals surface area contributed by atoms with Crippen LogP contribution < -0.4 is 0 Å². The predicted octanol–water partition coefficient (Wildman–Crippen LogP) is 3.55. The largest absolute Gasteiger partial charge is 0.475 e. The molecule has 0 spiro atoms. The zero-order valence-corrected chi connectivity index (χ0v) is 10.3. The van der Waals surface area contributed by atoms with Crippen molar-refractivity contribution in [2.75, 3.05) is 0 Å². The summed E-state index contributed by atoms with van der Waals surface area (Å²) < 4.78 is 6.09. The second-order valence-corrected chi connectivity index (χ2v) is 5.93. The Morgan fingerprint density at radius 3 is 2.50 bits per heavy atom. The van der Waals surface area contributed by atoms with Crippen molar-refractivity contribution in [2.24, 2.45) is 16.8 Å². The summed E-state index contributed by atoms with van der Waals surface area (Å²) in [6.45, 7) is 2.37. The molecular formula is C14H23NO. The molecule has 2 fully saturated rings. The van der Waals surface area contributed by atoms with Crippen molar-refractivity contribution in [1.29, 1.82) is 0 Å². The number of rotatable bonds is 1.